The number of hydrogen-bond donors (Lipinski definition) is 1. The van der Waals surface area contributed by atoms with E-state index in [-0.39, 0.29) is 30.3 Å². The van der Waals surface area contributed by atoms with Crippen molar-refractivity contribution >= 4 is 12.1 Å². The van der Waals surface area contributed by atoms with Crippen LogP contribution in [0.1, 0.15) is 36.3 Å². The zero-order valence-electron chi connectivity index (χ0n) is 16.3. The molecule has 5 rings (SSSR count). The van der Waals surface area contributed by atoms with Gasteiger partial charge in [-0.2, -0.15) is 0 Å². The zero-order chi connectivity index (χ0) is 20.0. The molecule has 29 heavy (non-hydrogen) atoms. The van der Waals surface area contributed by atoms with E-state index in [0.29, 0.717) is 25.6 Å². The summed E-state index contributed by atoms with van der Waals surface area (Å²) in [5.41, 5.74) is 4.86. The van der Waals surface area contributed by atoms with E-state index in [9.17, 15) is 9.59 Å². The quantitative estimate of drug-likeness (QED) is 0.841. The van der Waals surface area contributed by atoms with Crippen LogP contribution in [-0.2, 0) is 9.53 Å². The van der Waals surface area contributed by atoms with Gasteiger partial charge in [-0.3, -0.25) is 4.79 Å². The molecule has 2 bridgehead atoms. The van der Waals surface area contributed by atoms with E-state index < -0.39 is 5.97 Å². The average Bonchev–Trinajstić information content (AvgIpc) is 3.19. The van der Waals surface area contributed by atoms with Crippen molar-refractivity contribution in [3.05, 3.63) is 59.7 Å². The third-order valence-electron chi connectivity index (χ3n) is 6.90. The minimum atomic E-state index is -0.741. The highest BCUT2D eigenvalue weighted by molar-refractivity contribution is 5.79. The topological polar surface area (TPSA) is 66.8 Å². The second-order valence-electron chi connectivity index (χ2n) is 8.66. The molecule has 5 nitrogen and oxygen atoms in total. The Morgan fingerprint density at radius 3 is 2.28 bits per heavy atom. The number of carboxylic acid groups (broad SMARTS) is 1. The summed E-state index contributed by atoms with van der Waals surface area (Å²) in [6, 6.07) is 16.6. The molecule has 150 valence electrons. The second-order valence-corrected chi connectivity index (χ2v) is 8.66. The van der Waals surface area contributed by atoms with E-state index in [1.54, 1.807) is 4.90 Å². The van der Waals surface area contributed by atoms with E-state index in [2.05, 4.69) is 24.3 Å². The van der Waals surface area contributed by atoms with Crippen molar-refractivity contribution < 1.29 is 19.4 Å². The molecular weight excluding hydrogens is 366 g/mol. The standard InChI is InChI=1S/C24H25NO4/c26-23(27)11-16-9-15-10-17(16)13-25(12-15)24(28)29-14-22-20-7-3-1-5-18(20)19-6-2-4-8-21(19)22/h1-8,15-17,22H,9-14H2,(H,26,27)/t15-,16+,17+/m1/s1. The van der Waals surface area contributed by atoms with Gasteiger partial charge in [-0.05, 0) is 52.8 Å². The van der Waals surface area contributed by atoms with Crippen LogP contribution >= 0.6 is 0 Å². The number of rotatable bonds is 4. The maximum Gasteiger partial charge on any atom is 0.409 e. The minimum Gasteiger partial charge on any atom is -0.481 e. The highest BCUT2D eigenvalue weighted by Crippen LogP contribution is 2.45. The maximum absolute atomic E-state index is 12.8. The molecule has 3 aliphatic rings. The van der Waals surface area contributed by atoms with Gasteiger partial charge in [0.05, 0.1) is 0 Å². The normalized spacial score (nSPS) is 24.8. The van der Waals surface area contributed by atoms with Crippen LogP contribution in [0.2, 0.25) is 0 Å². The van der Waals surface area contributed by atoms with Crippen LogP contribution in [0.3, 0.4) is 0 Å². The molecule has 2 aliphatic carbocycles. The van der Waals surface area contributed by atoms with E-state index in [4.69, 9.17) is 9.84 Å². The summed E-state index contributed by atoms with van der Waals surface area (Å²) < 4.78 is 5.79. The van der Waals surface area contributed by atoms with Crippen LogP contribution in [0.15, 0.2) is 48.5 Å². The van der Waals surface area contributed by atoms with Gasteiger partial charge in [0.2, 0.25) is 0 Å². The first-order valence-electron chi connectivity index (χ1n) is 10.4. The van der Waals surface area contributed by atoms with Crippen molar-refractivity contribution in [2.45, 2.75) is 25.2 Å². The molecule has 3 atom stereocenters. The molecule has 1 heterocycles. The fourth-order valence-corrected chi connectivity index (χ4v) is 5.69. The fraction of sp³-hybridized carbons (Fsp3) is 0.417. The Labute approximate surface area is 170 Å². The number of likely N-dealkylation sites (tertiary alicyclic amines) is 1. The summed E-state index contributed by atoms with van der Waals surface area (Å²) in [7, 11) is 0. The van der Waals surface area contributed by atoms with Crippen LogP contribution in [-0.4, -0.2) is 41.8 Å². The van der Waals surface area contributed by atoms with E-state index in [0.717, 1.165) is 12.8 Å². The molecular formula is C24H25NO4. The van der Waals surface area contributed by atoms with Crippen LogP contribution in [0.5, 0.6) is 0 Å². The molecule has 2 aromatic carbocycles. The van der Waals surface area contributed by atoms with Gasteiger partial charge in [-0.15, -0.1) is 0 Å². The first kappa shape index (κ1) is 18.2. The predicted octanol–water partition coefficient (Wildman–Crippen LogP) is 4.37. The lowest BCUT2D eigenvalue weighted by molar-refractivity contribution is -0.138. The van der Waals surface area contributed by atoms with Crippen LogP contribution in [0.25, 0.3) is 11.1 Å². The molecule has 1 saturated carbocycles. The van der Waals surface area contributed by atoms with Crippen molar-refractivity contribution in [1.29, 1.82) is 0 Å². The third-order valence-corrected chi connectivity index (χ3v) is 6.90. The van der Waals surface area contributed by atoms with E-state index in [1.165, 1.54) is 22.3 Å². The molecule has 1 amide bonds. The van der Waals surface area contributed by atoms with Gasteiger partial charge in [0.1, 0.15) is 6.61 Å². The van der Waals surface area contributed by atoms with Crippen molar-refractivity contribution in [3.63, 3.8) is 0 Å². The molecule has 5 heteroatoms. The Morgan fingerprint density at radius 2 is 1.62 bits per heavy atom. The summed E-state index contributed by atoms with van der Waals surface area (Å²) in [5.74, 6) is 0.190. The molecule has 2 fully saturated rings. The van der Waals surface area contributed by atoms with Gasteiger partial charge in [-0.25, -0.2) is 4.79 Å². The number of amides is 1. The molecule has 0 spiro atoms. The van der Waals surface area contributed by atoms with Gasteiger partial charge in [0.25, 0.3) is 0 Å². The van der Waals surface area contributed by atoms with Crippen LogP contribution < -0.4 is 0 Å². The number of carbonyl (C=O) groups excluding carboxylic acids is 1. The summed E-state index contributed by atoms with van der Waals surface area (Å²) in [5, 5.41) is 9.13. The van der Waals surface area contributed by atoms with Crippen molar-refractivity contribution in [2.24, 2.45) is 17.8 Å². The maximum atomic E-state index is 12.8. The van der Waals surface area contributed by atoms with Gasteiger partial charge in [0, 0.05) is 25.4 Å². The molecule has 0 unspecified atom stereocenters. The number of carbonyl (C=O) groups is 2. The van der Waals surface area contributed by atoms with Crippen molar-refractivity contribution in [3.8, 4) is 11.1 Å². The lowest BCUT2D eigenvalue weighted by Gasteiger charge is -2.32. The molecule has 1 aliphatic heterocycles. The number of nitrogens with zero attached hydrogens (tertiary/aromatic N) is 1. The Hall–Kier alpha value is -2.82. The fourth-order valence-electron chi connectivity index (χ4n) is 5.69. The highest BCUT2D eigenvalue weighted by Gasteiger charge is 2.42. The Morgan fingerprint density at radius 1 is 0.966 bits per heavy atom. The predicted molar refractivity (Wildman–Crippen MR) is 109 cm³/mol. The van der Waals surface area contributed by atoms with Crippen molar-refractivity contribution in [2.75, 3.05) is 19.7 Å². The molecule has 1 N–H and O–H groups in total. The second kappa shape index (κ2) is 7.21. The number of hydrogen-bond acceptors (Lipinski definition) is 3. The average molecular weight is 391 g/mol. The summed E-state index contributed by atoms with van der Waals surface area (Å²) in [4.78, 5) is 25.7. The van der Waals surface area contributed by atoms with Crippen LogP contribution in [0.4, 0.5) is 4.79 Å². The molecule has 0 radical (unpaired) electrons. The summed E-state index contributed by atoms with van der Waals surface area (Å²) in [6.45, 7) is 1.63. The summed E-state index contributed by atoms with van der Waals surface area (Å²) in [6.07, 6.45) is 1.88. The molecule has 0 aromatic heterocycles. The minimum absolute atomic E-state index is 0.0626. The van der Waals surface area contributed by atoms with E-state index >= 15 is 0 Å². The number of piperidine rings is 1. The lowest BCUT2D eigenvalue weighted by Crippen LogP contribution is -2.42. The zero-order valence-corrected chi connectivity index (χ0v) is 16.3. The number of benzene rings is 2. The first-order valence-corrected chi connectivity index (χ1v) is 10.4. The van der Waals surface area contributed by atoms with Gasteiger partial charge in [-0.1, -0.05) is 48.5 Å². The molecule has 2 aromatic rings. The Bertz CT molecular complexity index is 910. The number of fused-ring (bicyclic) bond motifs is 5. The SMILES string of the molecule is O=C(O)C[C@@H]1C[C@@H]2C[C@H]1CN(C(=O)OCC1c3ccccc3-c3ccccc31)C2. The Kier molecular flexibility index (Phi) is 4.53. The number of carboxylic acids is 1. The van der Waals surface area contributed by atoms with Gasteiger partial charge >= 0.3 is 12.1 Å². The van der Waals surface area contributed by atoms with E-state index in [1.807, 2.05) is 24.3 Å². The first-order chi connectivity index (χ1) is 14.1. The monoisotopic (exact) mass is 391 g/mol. The number of aliphatic carboxylic acids is 1. The largest absolute Gasteiger partial charge is 0.481 e. The number of ether oxygens (including phenoxy) is 1. The van der Waals surface area contributed by atoms with Crippen molar-refractivity contribution in [1.82, 2.24) is 4.90 Å². The van der Waals surface area contributed by atoms with Gasteiger partial charge in [0.15, 0.2) is 0 Å². The smallest absolute Gasteiger partial charge is 0.409 e. The molecule has 1 saturated heterocycles. The van der Waals surface area contributed by atoms with Gasteiger partial charge < -0.3 is 14.7 Å². The van der Waals surface area contributed by atoms with Crippen LogP contribution in [0, 0.1) is 17.8 Å². The lowest BCUT2D eigenvalue weighted by atomic mass is 9.92. The Balaban J connectivity index is 1.27. The highest BCUT2D eigenvalue weighted by atomic mass is 16.6. The third kappa shape index (κ3) is 3.28. The summed E-state index contributed by atoms with van der Waals surface area (Å²) >= 11 is 0.